The first kappa shape index (κ1) is 22.3. The van der Waals surface area contributed by atoms with E-state index in [-0.39, 0.29) is 12.5 Å². The third-order valence-electron chi connectivity index (χ3n) is 5.20. The van der Waals surface area contributed by atoms with E-state index in [4.69, 9.17) is 4.74 Å². The number of carbonyl (C=O) groups excluding carboxylic acids is 1. The summed E-state index contributed by atoms with van der Waals surface area (Å²) in [7, 11) is 0. The van der Waals surface area contributed by atoms with Crippen molar-refractivity contribution >= 4 is 38.3 Å². The topological polar surface area (TPSA) is 57.7 Å². The second kappa shape index (κ2) is 9.33. The lowest BCUT2D eigenvalue weighted by Gasteiger charge is -2.35. The number of rotatable bonds is 6. The van der Waals surface area contributed by atoms with Crippen LogP contribution in [0.1, 0.15) is 12.5 Å². The Kier molecular flexibility index (Phi) is 6.52. The van der Waals surface area contributed by atoms with Gasteiger partial charge in [0, 0.05) is 31.9 Å². The van der Waals surface area contributed by atoms with Gasteiger partial charge < -0.3 is 15.0 Å². The van der Waals surface area contributed by atoms with Crippen molar-refractivity contribution in [3.63, 3.8) is 0 Å². The number of piperazine rings is 1. The fourth-order valence-corrected chi connectivity index (χ4v) is 4.53. The first-order valence-corrected chi connectivity index (χ1v) is 11.1. The first-order chi connectivity index (χ1) is 15.3. The van der Waals surface area contributed by atoms with E-state index in [9.17, 15) is 18.0 Å². The molecule has 0 spiro atoms. The average Bonchev–Trinajstić information content (AvgIpc) is 3.15. The standard InChI is InChI=1S/C22H23F3N4O2S/c1-2-31-17-6-7-18-19(13-17)32-21(26-18)27-20(30)14-28-8-10-29(11-9-28)16-5-3-4-15(12-16)22(23,24)25/h3-7,12-13H,2,8-11,14H2,1H3,(H,26,27,30). The molecule has 170 valence electrons. The van der Waals surface area contributed by atoms with Gasteiger partial charge in [0.25, 0.3) is 0 Å². The number of carbonyl (C=O) groups is 1. The molecular weight excluding hydrogens is 441 g/mol. The van der Waals surface area contributed by atoms with Crippen molar-refractivity contribution in [1.29, 1.82) is 0 Å². The van der Waals surface area contributed by atoms with Crippen molar-refractivity contribution in [1.82, 2.24) is 9.88 Å². The molecule has 1 amide bonds. The molecular formula is C22H23F3N4O2S. The third-order valence-corrected chi connectivity index (χ3v) is 6.13. The molecule has 0 aliphatic carbocycles. The summed E-state index contributed by atoms with van der Waals surface area (Å²) in [5.74, 6) is 0.599. The lowest BCUT2D eigenvalue weighted by Crippen LogP contribution is -2.48. The molecule has 1 aliphatic rings. The number of ether oxygens (including phenoxy) is 1. The number of nitrogens with zero attached hydrogens (tertiary/aromatic N) is 3. The SMILES string of the molecule is CCOc1ccc2nc(NC(=O)CN3CCN(c4cccc(C(F)(F)F)c4)CC3)sc2c1. The minimum atomic E-state index is -4.36. The smallest absolute Gasteiger partial charge is 0.416 e. The molecule has 0 atom stereocenters. The number of halogens is 3. The van der Waals surface area contributed by atoms with Gasteiger partial charge in [0.2, 0.25) is 5.91 Å². The molecule has 10 heteroatoms. The van der Waals surface area contributed by atoms with Crippen LogP contribution in [0.4, 0.5) is 24.0 Å². The lowest BCUT2D eigenvalue weighted by atomic mass is 10.1. The highest BCUT2D eigenvalue weighted by molar-refractivity contribution is 7.22. The number of thiazole rings is 1. The van der Waals surface area contributed by atoms with Crippen LogP contribution < -0.4 is 15.0 Å². The van der Waals surface area contributed by atoms with Gasteiger partial charge in [0.05, 0.1) is 28.9 Å². The zero-order valence-corrected chi connectivity index (χ0v) is 18.3. The zero-order valence-electron chi connectivity index (χ0n) is 17.5. The molecule has 1 N–H and O–H groups in total. The van der Waals surface area contributed by atoms with Gasteiger partial charge in [-0.05, 0) is 43.3 Å². The predicted octanol–water partition coefficient (Wildman–Crippen LogP) is 4.47. The highest BCUT2D eigenvalue weighted by Crippen LogP contribution is 2.32. The predicted molar refractivity (Wildman–Crippen MR) is 120 cm³/mol. The second-order valence-electron chi connectivity index (χ2n) is 7.44. The summed E-state index contributed by atoms with van der Waals surface area (Å²) < 4.78 is 45.3. The van der Waals surface area contributed by atoms with Crippen molar-refractivity contribution < 1.29 is 22.7 Å². The van der Waals surface area contributed by atoms with Crippen molar-refractivity contribution in [2.75, 3.05) is 49.5 Å². The second-order valence-corrected chi connectivity index (χ2v) is 8.47. The Bertz CT molecular complexity index is 1090. The van der Waals surface area contributed by atoms with Gasteiger partial charge in [0.1, 0.15) is 5.75 Å². The quantitative estimate of drug-likeness (QED) is 0.583. The fraction of sp³-hybridized carbons (Fsp3) is 0.364. The molecule has 0 bridgehead atoms. The molecule has 1 aromatic heterocycles. The molecule has 32 heavy (non-hydrogen) atoms. The Labute approximate surface area is 187 Å². The fourth-order valence-electron chi connectivity index (χ4n) is 3.62. The molecule has 1 fully saturated rings. The highest BCUT2D eigenvalue weighted by atomic mass is 32.1. The maximum absolute atomic E-state index is 13.0. The van der Waals surface area contributed by atoms with E-state index < -0.39 is 11.7 Å². The van der Waals surface area contributed by atoms with E-state index in [1.807, 2.05) is 34.9 Å². The Hall–Kier alpha value is -2.85. The molecule has 0 unspecified atom stereocenters. The summed E-state index contributed by atoms with van der Waals surface area (Å²) in [6, 6.07) is 11.0. The van der Waals surface area contributed by atoms with Gasteiger partial charge in [-0.3, -0.25) is 9.69 Å². The zero-order chi connectivity index (χ0) is 22.7. The van der Waals surface area contributed by atoms with Crippen LogP contribution in [-0.4, -0.2) is 55.1 Å². The van der Waals surface area contributed by atoms with E-state index >= 15 is 0 Å². The Balaban J connectivity index is 1.31. The van der Waals surface area contributed by atoms with Crippen molar-refractivity contribution in [2.45, 2.75) is 13.1 Å². The van der Waals surface area contributed by atoms with Crippen LogP contribution >= 0.6 is 11.3 Å². The number of nitrogens with one attached hydrogen (secondary N) is 1. The van der Waals surface area contributed by atoms with Gasteiger partial charge in [-0.2, -0.15) is 13.2 Å². The molecule has 4 rings (SSSR count). The van der Waals surface area contributed by atoms with Crippen LogP contribution in [-0.2, 0) is 11.0 Å². The minimum Gasteiger partial charge on any atom is -0.494 e. The van der Waals surface area contributed by atoms with Gasteiger partial charge in [0.15, 0.2) is 5.13 Å². The molecule has 3 aromatic rings. The van der Waals surface area contributed by atoms with Crippen LogP contribution in [0.2, 0.25) is 0 Å². The molecule has 0 radical (unpaired) electrons. The monoisotopic (exact) mass is 464 g/mol. The van der Waals surface area contributed by atoms with E-state index in [0.29, 0.717) is 43.6 Å². The van der Waals surface area contributed by atoms with Gasteiger partial charge in [-0.1, -0.05) is 17.4 Å². The van der Waals surface area contributed by atoms with Crippen molar-refractivity contribution in [2.24, 2.45) is 0 Å². The number of amides is 1. The average molecular weight is 465 g/mol. The first-order valence-electron chi connectivity index (χ1n) is 10.3. The van der Waals surface area contributed by atoms with Gasteiger partial charge in [-0.15, -0.1) is 0 Å². The maximum Gasteiger partial charge on any atom is 0.416 e. The maximum atomic E-state index is 13.0. The molecule has 2 heterocycles. The van der Waals surface area contributed by atoms with E-state index in [2.05, 4.69) is 10.3 Å². The largest absolute Gasteiger partial charge is 0.494 e. The van der Waals surface area contributed by atoms with E-state index in [1.54, 1.807) is 6.07 Å². The van der Waals surface area contributed by atoms with Gasteiger partial charge >= 0.3 is 6.18 Å². The van der Waals surface area contributed by atoms with Crippen LogP contribution in [0.15, 0.2) is 42.5 Å². The summed E-state index contributed by atoms with van der Waals surface area (Å²) >= 11 is 1.39. The Morgan fingerprint density at radius 3 is 2.66 bits per heavy atom. The van der Waals surface area contributed by atoms with Gasteiger partial charge in [-0.25, -0.2) is 4.98 Å². The summed E-state index contributed by atoms with van der Waals surface area (Å²) in [4.78, 5) is 20.8. The minimum absolute atomic E-state index is 0.165. The van der Waals surface area contributed by atoms with E-state index in [0.717, 1.165) is 22.0 Å². The summed E-state index contributed by atoms with van der Waals surface area (Å²) in [6.07, 6.45) is -4.36. The van der Waals surface area contributed by atoms with Crippen LogP contribution in [0.3, 0.4) is 0 Å². The summed E-state index contributed by atoms with van der Waals surface area (Å²) in [5.41, 5.74) is 0.689. The van der Waals surface area contributed by atoms with Crippen LogP contribution in [0.5, 0.6) is 5.75 Å². The third kappa shape index (κ3) is 5.31. The highest BCUT2D eigenvalue weighted by Gasteiger charge is 2.31. The lowest BCUT2D eigenvalue weighted by molar-refractivity contribution is -0.137. The number of alkyl halides is 3. The number of hydrogen-bond acceptors (Lipinski definition) is 6. The Morgan fingerprint density at radius 1 is 1.16 bits per heavy atom. The molecule has 1 aliphatic heterocycles. The normalized spacial score (nSPS) is 15.2. The number of hydrogen-bond donors (Lipinski definition) is 1. The van der Waals surface area contributed by atoms with Crippen molar-refractivity contribution in [3.8, 4) is 5.75 Å². The number of aromatic nitrogens is 1. The van der Waals surface area contributed by atoms with Crippen molar-refractivity contribution in [3.05, 3.63) is 48.0 Å². The molecule has 1 saturated heterocycles. The summed E-state index contributed by atoms with van der Waals surface area (Å²) in [5, 5.41) is 3.37. The van der Waals surface area contributed by atoms with E-state index in [1.165, 1.54) is 23.5 Å². The van der Waals surface area contributed by atoms with Crippen LogP contribution in [0.25, 0.3) is 10.2 Å². The molecule has 0 saturated carbocycles. The number of anilines is 2. The molecule has 2 aromatic carbocycles. The van der Waals surface area contributed by atoms with Crippen LogP contribution in [0, 0.1) is 0 Å². The Morgan fingerprint density at radius 2 is 1.94 bits per heavy atom. The number of benzene rings is 2. The summed E-state index contributed by atoms with van der Waals surface area (Å²) in [6.45, 7) is 4.97. The number of fused-ring (bicyclic) bond motifs is 1. The molecule has 6 nitrogen and oxygen atoms in total.